The lowest BCUT2D eigenvalue weighted by molar-refractivity contribution is 0.0504. The summed E-state index contributed by atoms with van der Waals surface area (Å²) in [5.74, 6) is 0.436. The highest BCUT2D eigenvalue weighted by Crippen LogP contribution is 2.31. The van der Waals surface area contributed by atoms with Crippen LogP contribution < -0.4 is 5.73 Å². The highest BCUT2D eigenvalue weighted by molar-refractivity contribution is 5.99. The van der Waals surface area contributed by atoms with E-state index in [-0.39, 0.29) is 17.4 Å². The van der Waals surface area contributed by atoms with Crippen LogP contribution in [0.25, 0.3) is 11.0 Å². The summed E-state index contributed by atoms with van der Waals surface area (Å²) in [7, 11) is 0. The van der Waals surface area contributed by atoms with E-state index >= 15 is 0 Å². The highest BCUT2D eigenvalue weighted by Gasteiger charge is 2.36. The molecule has 1 aliphatic rings. The molecule has 0 aliphatic carbocycles. The molecule has 0 radical (unpaired) electrons. The van der Waals surface area contributed by atoms with Crippen LogP contribution in [0.3, 0.4) is 0 Å². The predicted molar refractivity (Wildman–Crippen MR) is 83.2 cm³/mol. The normalized spacial score (nSPS) is 21.7. The Morgan fingerprint density at radius 3 is 2.76 bits per heavy atom. The van der Waals surface area contributed by atoms with Gasteiger partial charge in [-0.15, -0.1) is 0 Å². The average molecular weight is 286 g/mol. The quantitative estimate of drug-likeness (QED) is 0.876. The number of nitrogens with zero attached hydrogens (tertiary/aromatic N) is 1. The van der Waals surface area contributed by atoms with E-state index in [2.05, 4.69) is 13.8 Å². The number of amides is 1. The van der Waals surface area contributed by atoms with Crippen LogP contribution in [-0.4, -0.2) is 29.9 Å². The molecule has 1 fully saturated rings. The molecular weight excluding hydrogens is 264 g/mol. The van der Waals surface area contributed by atoms with Gasteiger partial charge in [0.05, 0.1) is 0 Å². The zero-order chi connectivity index (χ0) is 15.2. The number of carbonyl (C=O) groups excluding carboxylic acids is 1. The van der Waals surface area contributed by atoms with Crippen LogP contribution >= 0.6 is 0 Å². The van der Waals surface area contributed by atoms with Crippen LogP contribution in [0.2, 0.25) is 0 Å². The number of nitrogens with two attached hydrogens (primary N) is 1. The predicted octanol–water partition coefficient (Wildman–Crippen LogP) is 2.94. The topological polar surface area (TPSA) is 59.5 Å². The fourth-order valence-electron chi connectivity index (χ4n) is 3.07. The van der Waals surface area contributed by atoms with Gasteiger partial charge in [-0.25, -0.2) is 0 Å². The maximum atomic E-state index is 12.8. The van der Waals surface area contributed by atoms with Gasteiger partial charge in [0.2, 0.25) is 0 Å². The summed E-state index contributed by atoms with van der Waals surface area (Å²) in [6.07, 6.45) is 0.831. The Hall–Kier alpha value is -1.81. The molecular formula is C17H22N2O2. The van der Waals surface area contributed by atoms with Gasteiger partial charge in [-0.3, -0.25) is 4.79 Å². The second-order valence-electron chi connectivity index (χ2n) is 6.66. The first-order valence-electron chi connectivity index (χ1n) is 7.43. The second kappa shape index (κ2) is 4.88. The molecule has 0 saturated carbocycles. The van der Waals surface area contributed by atoms with Gasteiger partial charge in [0, 0.05) is 30.1 Å². The summed E-state index contributed by atoms with van der Waals surface area (Å²) in [6.45, 7) is 7.54. The van der Waals surface area contributed by atoms with E-state index in [1.165, 1.54) is 0 Å². The van der Waals surface area contributed by atoms with Crippen molar-refractivity contribution in [3.8, 4) is 0 Å². The molecule has 1 amide bonds. The minimum absolute atomic E-state index is 0.0244. The first-order valence-corrected chi connectivity index (χ1v) is 7.43. The summed E-state index contributed by atoms with van der Waals surface area (Å²) in [6, 6.07) is 7.90. The van der Waals surface area contributed by atoms with Gasteiger partial charge in [0.25, 0.3) is 5.91 Å². The standard InChI is InChI=1S/C17H22N2O2/c1-11-12-6-4-5-7-13(12)21-15(11)16(20)19-9-8-14(18)17(2,3)10-19/h4-7,14H,8-10,18H2,1-3H3. The van der Waals surface area contributed by atoms with E-state index in [9.17, 15) is 4.79 Å². The molecule has 0 spiro atoms. The van der Waals surface area contributed by atoms with Crippen molar-refractivity contribution in [3.05, 3.63) is 35.6 Å². The summed E-state index contributed by atoms with van der Waals surface area (Å²) in [5, 5.41) is 1.01. The molecule has 1 aromatic heterocycles. The van der Waals surface area contributed by atoms with Crippen LogP contribution in [0.4, 0.5) is 0 Å². The van der Waals surface area contributed by atoms with Crippen LogP contribution in [0.1, 0.15) is 36.4 Å². The molecule has 1 aliphatic heterocycles. The number of carbonyl (C=O) groups is 1. The van der Waals surface area contributed by atoms with E-state index in [0.717, 1.165) is 23.0 Å². The zero-order valence-electron chi connectivity index (χ0n) is 12.8. The van der Waals surface area contributed by atoms with E-state index in [1.807, 2.05) is 36.1 Å². The fraction of sp³-hybridized carbons (Fsp3) is 0.471. The van der Waals surface area contributed by atoms with Gasteiger partial charge >= 0.3 is 0 Å². The van der Waals surface area contributed by atoms with Gasteiger partial charge in [0.1, 0.15) is 5.58 Å². The molecule has 112 valence electrons. The van der Waals surface area contributed by atoms with E-state index in [0.29, 0.717) is 18.8 Å². The summed E-state index contributed by atoms with van der Waals surface area (Å²) >= 11 is 0. The number of furan rings is 1. The largest absolute Gasteiger partial charge is 0.451 e. The number of hydrogen-bond acceptors (Lipinski definition) is 3. The second-order valence-corrected chi connectivity index (χ2v) is 6.66. The summed E-state index contributed by atoms with van der Waals surface area (Å²) < 4.78 is 5.79. The molecule has 2 N–H and O–H groups in total. The van der Waals surface area contributed by atoms with Gasteiger partial charge in [-0.2, -0.15) is 0 Å². The number of para-hydroxylation sites is 1. The number of piperidine rings is 1. The number of likely N-dealkylation sites (tertiary alicyclic amines) is 1. The number of aryl methyl sites for hydroxylation is 1. The molecule has 1 saturated heterocycles. The first-order chi connectivity index (χ1) is 9.90. The Kier molecular flexibility index (Phi) is 3.29. The maximum absolute atomic E-state index is 12.8. The molecule has 4 nitrogen and oxygen atoms in total. The number of benzene rings is 1. The lowest BCUT2D eigenvalue weighted by atomic mass is 9.79. The molecule has 1 atom stereocenters. The van der Waals surface area contributed by atoms with Gasteiger partial charge in [0.15, 0.2) is 5.76 Å². The molecule has 21 heavy (non-hydrogen) atoms. The van der Waals surface area contributed by atoms with Crippen molar-refractivity contribution in [3.63, 3.8) is 0 Å². The molecule has 1 aromatic carbocycles. The van der Waals surface area contributed by atoms with Crippen LogP contribution in [0.15, 0.2) is 28.7 Å². The highest BCUT2D eigenvalue weighted by atomic mass is 16.3. The molecule has 4 heteroatoms. The molecule has 1 unspecified atom stereocenters. The smallest absolute Gasteiger partial charge is 0.289 e. The minimum atomic E-state index is -0.0617. The van der Waals surface area contributed by atoms with Crippen LogP contribution in [-0.2, 0) is 0 Å². The Balaban J connectivity index is 1.92. The molecule has 3 rings (SSSR count). The average Bonchev–Trinajstić information content (AvgIpc) is 2.79. The van der Waals surface area contributed by atoms with Gasteiger partial charge in [-0.05, 0) is 24.8 Å². The lowest BCUT2D eigenvalue weighted by Crippen LogP contribution is -2.54. The van der Waals surface area contributed by atoms with Crippen molar-refractivity contribution >= 4 is 16.9 Å². The SMILES string of the molecule is Cc1c(C(=O)N2CCC(N)C(C)(C)C2)oc2ccccc12. The third-order valence-electron chi connectivity index (χ3n) is 4.64. The Labute approximate surface area is 124 Å². The zero-order valence-corrected chi connectivity index (χ0v) is 12.8. The van der Waals surface area contributed by atoms with Crippen molar-refractivity contribution in [2.75, 3.05) is 13.1 Å². The number of hydrogen-bond donors (Lipinski definition) is 1. The van der Waals surface area contributed by atoms with E-state index in [4.69, 9.17) is 10.2 Å². The molecule has 0 bridgehead atoms. The number of rotatable bonds is 1. The molecule has 2 aromatic rings. The number of fused-ring (bicyclic) bond motifs is 1. The Morgan fingerprint density at radius 1 is 1.38 bits per heavy atom. The van der Waals surface area contributed by atoms with Crippen molar-refractivity contribution in [1.29, 1.82) is 0 Å². The van der Waals surface area contributed by atoms with Crippen molar-refractivity contribution < 1.29 is 9.21 Å². The van der Waals surface area contributed by atoms with Gasteiger partial charge in [-0.1, -0.05) is 32.0 Å². The Morgan fingerprint density at radius 2 is 2.10 bits per heavy atom. The van der Waals surface area contributed by atoms with Crippen molar-refractivity contribution in [1.82, 2.24) is 4.90 Å². The van der Waals surface area contributed by atoms with Crippen LogP contribution in [0, 0.1) is 12.3 Å². The van der Waals surface area contributed by atoms with E-state index < -0.39 is 0 Å². The summed E-state index contributed by atoms with van der Waals surface area (Å²) in [4.78, 5) is 14.6. The van der Waals surface area contributed by atoms with Crippen molar-refractivity contribution in [2.45, 2.75) is 33.2 Å². The third-order valence-corrected chi connectivity index (χ3v) is 4.64. The first kappa shape index (κ1) is 14.1. The van der Waals surface area contributed by atoms with Crippen LogP contribution in [0.5, 0.6) is 0 Å². The summed E-state index contributed by atoms with van der Waals surface area (Å²) in [5.41, 5.74) is 7.77. The van der Waals surface area contributed by atoms with E-state index in [1.54, 1.807) is 0 Å². The van der Waals surface area contributed by atoms with Crippen molar-refractivity contribution in [2.24, 2.45) is 11.1 Å². The fourth-order valence-corrected chi connectivity index (χ4v) is 3.07. The third kappa shape index (κ3) is 2.33. The maximum Gasteiger partial charge on any atom is 0.289 e. The monoisotopic (exact) mass is 286 g/mol. The minimum Gasteiger partial charge on any atom is -0.451 e. The lowest BCUT2D eigenvalue weighted by Gasteiger charge is -2.42. The Bertz CT molecular complexity index is 687. The molecule has 2 heterocycles. The van der Waals surface area contributed by atoms with Gasteiger partial charge < -0.3 is 15.1 Å².